The third-order valence-electron chi connectivity index (χ3n) is 2.35. The molecule has 0 heterocycles. The van der Waals surface area contributed by atoms with Crippen molar-refractivity contribution in [3.63, 3.8) is 0 Å². The highest BCUT2D eigenvalue weighted by Crippen LogP contribution is 2.21. The Bertz CT molecular complexity index is 245. The van der Waals surface area contributed by atoms with Crippen LogP contribution in [0.1, 0.15) is 29.7 Å². The number of hydrogen-bond donors (Lipinski definition) is 0. The molecule has 65 valence electrons. The molecule has 0 aliphatic rings. The minimum Gasteiger partial charge on any atom is -0.237 e. The van der Waals surface area contributed by atoms with Gasteiger partial charge in [0.05, 0.1) is 0 Å². The van der Waals surface area contributed by atoms with E-state index in [-0.39, 0.29) is 0 Å². The standard InChI is InChI=1S/C11H16N/c1-8-6-5-7-9(2)11(8)10(3)12-4/h5-7,10H,1-4H3/t10-/m1/s1. The average molecular weight is 162 g/mol. The summed E-state index contributed by atoms with van der Waals surface area (Å²) >= 11 is 0. The minimum atomic E-state index is 0.325. The Balaban J connectivity index is 3.12. The fourth-order valence-corrected chi connectivity index (χ4v) is 1.62. The zero-order chi connectivity index (χ0) is 9.14. The van der Waals surface area contributed by atoms with Crippen molar-refractivity contribution < 1.29 is 0 Å². The lowest BCUT2D eigenvalue weighted by molar-refractivity contribution is 0.631. The SMILES string of the molecule is C[N][C@H](C)c1c(C)cccc1C. The highest BCUT2D eigenvalue weighted by molar-refractivity contribution is 5.35. The van der Waals surface area contributed by atoms with Gasteiger partial charge < -0.3 is 0 Å². The third kappa shape index (κ3) is 1.67. The van der Waals surface area contributed by atoms with Crippen LogP contribution < -0.4 is 5.32 Å². The van der Waals surface area contributed by atoms with Gasteiger partial charge in [0.1, 0.15) is 0 Å². The molecule has 1 heteroatoms. The van der Waals surface area contributed by atoms with Crippen LogP contribution in [0, 0.1) is 13.8 Å². The van der Waals surface area contributed by atoms with Gasteiger partial charge in [-0.25, -0.2) is 5.32 Å². The topological polar surface area (TPSA) is 14.1 Å². The van der Waals surface area contributed by atoms with Crippen molar-refractivity contribution in [3.8, 4) is 0 Å². The van der Waals surface area contributed by atoms with E-state index in [2.05, 4.69) is 44.3 Å². The highest BCUT2D eigenvalue weighted by atomic mass is 14.9. The maximum absolute atomic E-state index is 4.28. The first-order valence-electron chi connectivity index (χ1n) is 4.32. The zero-order valence-corrected chi connectivity index (χ0v) is 8.26. The largest absolute Gasteiger partial charge is 0.237 e. The summed E-state index contributed by atoms with van der Waals surface area (Å²) in [6.07, 6.45) is 0. The first-order valence-corrected chi connectivity index (χ1v) is 4.32. The van der Waals surface area contributed by atoms with Crippen molar-refractivity contribution in [1.29, 1.82) is 0 Å². The first kappa shape index (κ1) is 9.27. The maximum atomic E-state index is 4.28. The van der Waals surface area contributed by atoms with Gasteiger partial charge in [-0.1, -0.05) is 18.2 Å². The lowest BCUT2D eigenvalue weighted by Gasteiger charge is -2.14. The van der Waals surface area contributed by atoms with Gasteiger partial charge >= 0.3 is 0 Å². The second-order valence-corrected chi connectivity index (χ2v) is 3.24. The summed E-state index contributed by atoms with van der Waals surface area (Å²) in [6, 6.07) is 6.70. The molecule has 1 aromatic rings. The summed E-state index contributed by atoms with van der Waals surface area (Å²) in [5, 5.41) is 4.28. The Kier molecular flexibility index (Phi) is 2.88. The number of aryl methyl sites for hydroxylation is 2. The van der Waals surface area contributed by atoms with Crippen LogP contribution >= 0.6 is 0 Å². The molecule has 1 radical (unpaired) electrons. The Morgan fingerprint density at radius 2 is 1.67 bits per heavy atom. The van der Waals surface area contributed by atoms with Crippen molar-refractivity contribution >= 4 is 0 Å². The van der Waals surface area contributed by atoms with Gasteiger partial charge in [0, 0.05) is 13.1 Å². The van der Waals surface area contributed by atoms with Gasteiger partial charge in [0.15, 0.2) is 0 Å². The molecule has 0 amide bonds. The predicted octanol–water partition coefficient (Wildman–Crippen LogP) is 2.60. The van der Waals surface area contributed by atoms with E-state index >= 15 is 0 Å². The van der Waals surface area contributed by atoms with E-state index in [1.165, 1.54) is 16.7 Å². The fourth-order valence-electron chi connectivity index (χ4n) is 1.62. The summed E-state index contributed by atoms with van der Waals surface area (Å²) in [6.45, 7) is 6.42. The number of benzene rings is 1. The molecule has 0 saturated heterocycles. The number of nitrogens with zero attached hydrogens (tertiary/aromatic N) is 1. The van der Waals surface area contributed by atoms with Gasteiger partial charge in [-0.05, 0) is 37.5 Å². The monoisotopic (exact) mass is 162 g/mol. The quantitative estimate of drug-likeness (QED) is 0.634. The third-order valence-corrected chi connectivity index (χ3v) is 2.35. The van der Waals surface area contributed by atoms with Crippen LogP contribution in [0.2, 0.25) is 0 Å². The molecule has 1 aromatic carbocycles. The molecule has 0 aromatic heterocycles. The lowest BCUT2D eigenvalue weighted by Crippen LogP contribution is -2.08. The van der Waals surface area contributed by atoms with Crippen LogP contribution in [-0.2, 0) is 0 Å². The van der Waals surface area contributed by atoms with E-state index in [0.29, 0.717) is 6.04 Å². The second-order valence-electron chi connectivity index (χ2n) is 3.24. The van der Waals surface area contributed by atoms with Gasteiger partial charge in [-0.2, -0.15) is 0 Å². The molecule has 0 fully saturated rings. The molecular formula is C11H16N. The van der Waals surface area contributed by atoms with Crippen molar-refractivity contribution in [2.45, 2.75) is 26.8 Å². The van der Waals surface area contributed by atoms with Crippen LogP contribution in [0.3, 0.4) is 0 Å². The molecule has 0 spiro atoms. The number of rotatable bonds is 2. The summed E-state index contributed by atoms with van der Waals surface area (Å²) in [4.78, 5) is 0. The average Bonchev–Trinajstić information content (AvgIpc) is 2.03. The van der Waals surface area contributed by atoms with Crippen molar-refractivity contribution in [2.24, 2.45) is 0 Å². The van der Waals surface area contributed by atoms with Gasteiger partial charge in [0.25, 0.3) is 0 Å². The summed E-state index contributed by atoms with van der Waals surface area (Å²) < 4.78 is 0. The molecule has 1 atom stereocenters. The lowest BCUT2D eigenvalue weighted by atomic mass is 9.97. The molecular weight excluding hydrogens is 146 g/mol. The fraction of sp³-hybridized carbons (Fsp3) is 0.455. The molecule has 0 aliphatic carbocycles. The molecule has 0 unspecified atom stereocenters. The second kappa shape index (κ2) is 3.72. The van der Waals surface area contributed by atoms with E-state index < -0.39 is 0 Å². The smallest absolute Gasteiger partial charge is 0.0469 e. The van der Waals surface area contributed by atoms with Gasteiger partial charge in [-0.15, -0.1) is 0 Å². The Morgan fingerprint density at radius 1 is 1.17 bits per heavy atom. The minimum absolute atomic E-state index is 0.325. The molecule has 0 N–H and O–H groups in total. The molecule has 1 nitrogen and oxygen atoms in total. The van der Waals surface area contributed by atoms with Crippen LogP contribution in [0.15, 0.2) is 18.2 Å². The van der Waals surface area contributed by atoms with Crippen molar-refractivity contribution in [2.75, 3.05) is 7.05 Å². The molecule has 0 aliphatic heterocycles. The van der Waals surface area contributed by atoms with Gasteiger partial charge in [-0.3, -0.25) is 0 Å². The van der Waals surface area contributed by atoms with Crippen LogP contribution in [0.25, 0.3) is 0 Å². The molecule has 0 bridgehead atoms. The van der Waals surface area contributed by atoms with E-state index in [1.807, 2.05) is 7.05 Å². The normalized spacial score (nSPS) is 13.0. The summed E-state index contributed by atoms with van der Waals surface area (Å²) in [5.74, 6) is 0. The Hall–Kier alpha value is -0.820. The zero-order valence-electron chi connectivity index (χ0n) is 8.26. The van der Waals surface area contributed by atoms with Gasteiger partial charge in [0.2, 0.25) is 0 Å². The van der Waals surface area contributed by atoms with E-state index in [1.54, 1.807) is 0 Å². The predicted molar refractivity (Wildman–Crippen MR) is 52.4 cm³/mol. The summed E-state index contributed by atoms with van der Waals surface area (Å²) in [5.41, 5.74) is 4.06. The van der Waals surface area contributed by atoms with Crippen LogP contribution in [0.5, 0.6) is 0 Å². The molecule has 12 heavy (non-hydrogen) atoms. The van der Waals surface area contributed by atoms with E-state index in [9.17, 15) is 0 Å². The Labute approximate surface area is 74.8 Å². The Morgan fingerprint density at radius 3 is 2.08 bits per heavy atom. The van der Waals surface area contributed by atoms with Crippen molar-refractivity contribution in [1.82, 2.24) is 5.32 Å². The molecule has 0 saturated carbocycles. The van der Waals surface area contributed by atoms with E-state index in [0.717, 1.165) is 0 Å². The van der Waals surface area contributed by atoms with Crippen molar-refractivity contribution in [3.05, 3.63) is 34.9 Å². The first-order chi connectivity index (χ1) is 5.66. The highest BCUT2D eigenvalue weighted by Gasteiger charge is 2.08. The molecule has 1 rings (SSSR count). The van der Waals surface area contributed by atoms with E-state index in [4.69, 9.17) is 0 Å². The van der Waals surface area contributed by atoms with Crippen LogP contribution in [0.4, 0.5) is 0 Å². The maximum Gasteiger partial charge on any atom is 0.0469 e. The summed E-state index contributed by atoms with van der Waals surface area (Å²) in [7, 11) is 1.87. The van der Waals surface area contributed by atoms with Crippen LogP contribution in [-0.4, -0.2) is 7.05 Å². The number of hydrogen-bond acceptors (Lipinski definition) is 0.